The molecule has 1 aromatic rings. The molecule has 116 valence electrons. The van der Waals surface area contributed by atoms with Gasteiger partial charge in [-0.2, -0.15) is 5.10 Å². The number of methoxy groups -OCH3 is 1. The summed E-state index contributed by atoms with van der Waals surface area (Å²) in [6, 6.07) is 5.63. The van der Waals surface area contributed by atoms with E-state index in [0.717, 1.165) is 6.42 Å². The van der Waals surface area contributed by atoms with Crippen molar-refractivity contribution in [2.45, 2.75) is 18.9 Å². The van der Waals surface area contributed by atoms with Gasteiger partial charge in [0.05, 0.1) is 13.3 Å². The minimum atomic E-state index is 0.0627. The maximum Gasteiger partial charge on any atom is 0.187 e. The summed E-state index contributed by atoms with van der Waals surface area (Å²) in [6.07, 6.45) is 8.44. The van der Waals surface area contributed by atoms with Gasteiger partial charge in [0.25, 0.3) is 0 Å². The molecule has 0 saturated heterocycles. The number of rotatable bonds is 4. The van der Waals surface area contributed by atoms with Crippen molar-refractivity contribution >= 4 is 23.5 Å². The molecule has 0 amide bonds. The van der Waals surface area contributed by atoms with E-state index in [1.165, 1.54) is 19.7 Å². The molecule has 1 fully saturated rings. The first-order valence-electron chi connectivity index (χ1n) is 7.31. The van der Waals surface area contributed by atoms with E-state index in [1.807, 2.05) is 0 Å². The molecule has 3 N–H and O–H groups in total. The summed E-state index contributed by atoms with van der Waals surface area (Å²) in [5.74, 6) is 1.75. The number of hydrazone groups is 1. The van der Waals surface area contributed by atoms with Gasteiger partial charge in [0.1, 0.15) is 0 Å². The van der Waals surface area contributed by atoms with Gasteiger partial charge in [-0.25, -0.2) is 0 Å². The van der Waals surface area contributed by atoms with Gasteiger partial charge in [-0.05, 0) is 49.0 Å². The van der Waals surface area contributed by atoms with E-state index < -0.39 is 0 Å². The molecule has 0 radical (unpaired) electrons. The zero-order valence-electron chi connectivity index (χ0n) is 12.3. The van der Waals surface area contributed by atoms with Crippen LogP contribution < -0.4 is 15.5 Å². The number of ether oxygens (including phenoxy) is 1. The summed E-state index contributed by atoms with van der Waals surface area (Å²) >= 11 is 5.26. The van der Waals surface area contributed by atoms with E-state index in [4.69, 9.17) is 17.0 Å². The summed E-state index contributed by atoms with van der Waals surface area (Å²) in [7, 11) is 1.51. The highest BCUT2D eigenvalue weighted by molar-refractivity contribution is 7.80. The summed E-state index contributed by atoms with van der Waals surface area (Å²) in [5.41, 5.74) is 3.36. The van der Waals surface area contributed by atoms with Crippen LogP contribution in [0.15, 0.2) is 35.5 Å². The Morgan fingerprint density at radius 1 is 1.41 bits per heavy atom. The fourth-order valence-corrected chi connectivity index (χ4v) is 3.32. The van der Waals surface area contributed by atoms with Crippen LogP contribution in [0.5, 0.6) is 11.5 Å². The number of phenols is 1. The molecule has 5 nitrogen and oxygen atoms in total. The van der Waals surface area contributed by atoms with Gasteiger partial charge in [-0.15, -0.1) is 0 Å². The van der Waals surface area contributed by atoms with Crippen LogP contribution in [0.2, 0.25) is 0 Å². The molecule has 0 aromatic heterocycles. The highest BCUT2D eigenvalue weighted by Crippen LogP contribution is 2.38. The molecular formula is C16H19N3O2S. The number of aromatic hydroxyl groups is 1. The molecule has 2 aliphatic rings. The van der Waals surface area contributed by atoms with Gasteiger partial charge in [-0.3, -0.25) is 5.43 Å². The number of hydrogen-bond donors (Lipinski definition) is 3. The van der Waals surface area contributed by atoms with Crippen molar-refractivity contribution in [3.63, 3.8) is 0 Å². The van der Waals surface area contributed by atoms with Crippen LogP contribution in [0, 0.1) is 11.8 Å². The van der Waals surface area contributed by atoms with E-state index in [-0.39, 0.29) is 5.75 Å². The van der Waals surface area contributed by atoms with Crippen LogP contribution in [0.25, 0.3) is 0 Å². The van der Waals surface area contributed by atoms with Crippen LogP contribution >= 0.6 is 12.2 Å². The number of nitrogens with zero attached hydrogens (tertiary/aromatic N) is 1. The van der Waals surface area contributed by atoms with Crippen molar-refractivity contribution in [2.24, 2.45) is 16.9 Å². The average Bonchev–Trinajstić information content (AvgIpc) is 3.11. The zero-order chi connectivity index (χ0) is 15.5. The number of thiocarbonyl (C=S) groups is 1. The van der Waals surface area contributed by atoms with Gasteiger partial charge < -0.3 is 15.2 Å². The summed E-state index contributed by atoms with van der Waals surface area (Å²) in [4.78, 5) is 0. The molecule has 0 aliphatic heterocycles. The monoisotopic (exact) mass is 317 g/mol. The molecule has 1 saturated carbocycles. The van der Waals surface area contributed by atoms with Gasteiger partial charge in [0, 0.05) is 11.6 Å². The third-order valence-corrected chi connectivity index (χ3v) is 4.42. The van der Waals surface area contributed by atoms with E-state index in [1.54, 1.807) is 18.2 Å². The quantitative estimate of drug-likeness (QED) is 0.344. The molecule has 6 heteroatoms. The SMILES string of the molecule is COc1cccc(/C=N/NC(=S)NC2CC3C=CC2C3)c1O. The maximum atomic E-state index is 9.96. The standard InChI is InChI=1S/C16H19N3O2S/c1-21-14-4-2-3-12(15(14)20)9-17-19-16(22)18-13-8-10-5-6-11(13)7-10/h2-6,9-11,13,20H,7-8H2,1H3,(H2,18,19,22)/b17-9+. The summed E-state index contributed by atoms with van der Waals surface area (Å²) in [5, 5.41) is 17.8. The Morgan fingerprint density at radius 2 is 2.27 bits per heavy atom. The predicted molar refractivity (Wildman–Crippen MR) is 90.3 cm³/mol. The molecule has 3 rings (SSSR count). The molecule has 3 atom stereocenters. The predicted octanol–water partition coefficient (Wildman–Crippen LogP) is 2.16. The Hall–Kier alpha value is -2.08. The van der Waals surface area contributed by atoms with Crippen LogP contribution in [0.3, 0.4) is 0 Å². The first kappa shape index (κ1) is 14.8. The molecular weight excluding hydrogens is 298 g/mol. The largest absolute Gasteiger partial charge is 0.504 e. The Labute approximate surface area is 135 Å². The first-order chi connectivity index (χ1) is 10.7. The van der Waals surface area contributed by atoms with Gasteiger partial charge in [-0.1, -0.05) is 18.2 Å². The smallest absolute Gasteiger partial charge is 0.187 e. The van der Waals surface area contributed by atoms with Crippen molar-refractivity contribution in [3.8, 4) is 11.5 Å². The van der Waals surface area contributed by atoms with Crippen molar-refractivity contribution in [1.82, 2.24) is 10.7 Å². The lowest BCUT2D eigenvalue weighted by Crippen LogP contribution is -2.42. The van der Waals surface area contributed by atoms with Gasteiger partial charge in [0.15, 0.2) is 16.6 Å². The Balaban J connectivity index is 1.54. The first-order valence-corrected chi connectivity index (χ1v) is 7.72. The third-order valence-electron chi connectivity index (χ3n) is 4.22. The molecule has 3 unspecified atom stereocenters. The Kier molecular flexibility index (Phi) is 4.29. The minimum Gasteiger partial charge on any atom is -0.504 e. The fourth-order valence-electron chi connectivity index (χ4n) is 3.12. The average molecular weight is 317 g/mol. The number of nitrogens with one attached hydrogen (secondary N) is 2. The van der Waals surface area contributed by atoms with E-state index in [0.29, 0.717) is 34.3 Å². The Bertz CT molecular complexity index is 630. The second-order valence-electron chi connectivity index (χ2n) is 5.63. The second-order valence-corrected chi connectivity index (χ2v) is 6.04. The lowest BCUT2D eigenvalue weighted by Gasteiger charge is -2.20. The molecule has 0 heterocycles. The van der Waals surface area contributed by atoms with Gasteiger partial charge >= 0.3 is 0 Å². The van der Waals surface area contributed by atoms with Crippen molar-refractivity contribution in [1.29, 1.82) is 0 Å². The minimum absolute atomic E-state index is 0.0627. The number of benzene rings is 1. The van der Waals surface area contributed by atoms with Crippen molar-refractivity contribution in [3.05, 3.63) is 35.9 Å². The van der Waals surface area contributed by atoms with Gasteiger partial charge in [0.2, 0.25) is 0 Å². The number of para-hydroxylation sites is 1. The fraction of sp³-hybridized carbons (Fsp3) is 0.375. The summed E-state index contributed by atoms with van der Waals surface area (Å²) in [6.45, 7) is 0. The van der Waals surface area contributed by atoms with E-state index in [2.05, 4.69) is 28.0 Å². The zero-order valence-corrected chi connectivity index (χ0v) is 13.1. The molecule has 1 aromatic carbocycles. The van der Waals surface area contributed by atoms with E-state index in [9.17, 15) is 5.11 Å². The lowest BCUT2D eigenvalue weighted by atomic mass is 10.0. The third kappa shape index (κ3) is 3.06. The highest BCUT2D eigenvalue weighted by atomic mass is 32.1. The van der Waals surface area contributed by atoms with Crippen LogP contribution in [0.1, 0.15) is 18.4 Å². The number of hydrogen-bond acceptors (Lipinski definition) is 4. The molecule has 22 heavy (non-hydrogen) atoms. The lowest BCUT2D eigenvalue weighted by molar-refractivity contribution is 0.373. The van der Waals surface area contributed by atoms with Crippen LogP contribution in [0.4, 0.5) is 0 Å². The highest BCUT2D eigenvalue weighted by Gasteiger charge is 2.35. The second kappa shape index (κ2) is 6.36. The number of allylic oxidation sites excluding steroid dienone is 1. The maximum absolute atomic E-state index is 9.96. The van der Waals surface area contributed by atoms with Crippen molar-refractivity contribution < 1.29 is 9.84 Å². The Morgan fingerprint density at radius 3 is 2.95 bits per heavy atom. The molecule has 2 aliphatic carbocycles. The van der Waals surface area contributed by atoms with E-state index >= 15 is 0 Å². The van der Waals surface area contributed by atoms with Crippen LogP contribution in [-0.2, 0) is 0 Å². The van der Waals surface area contributed by atoms with Crippen LogP contribution in [-0.4, -0.2) is 29.6 Å². The normalized spacial score (nSPS) is 25.6. The molecule has 0 spiro atoms. The molecule has 2 bridgehead atoms. The number of fused-ring (bicyclic) bond motifs is 2. The number of phenolic OH excluding ortho intramolecular Hbond substituents is 1. The topological polar surface area (TPSA) is 65.9 Å². The van der Waals surface area contributed by atoms with Crippen molar-refractivity contribution in [2.75, 3.05) is 7.11 Å². The summed E-state index contributed by atoms with van der Waals surface area (Å²) < 4.78 is 5.05.